The molecule has 1 aromatic heterocycles. The lowest BCUT2D eigenvalue weighted by Gasteiger charge is -2.30. The van der Waals surface area contributed by atoms with Crippen molar-refractivity contribution in [3.63, 3.8) is 0 Å². The first kappa shape index (κ1) is 18.8. The summed E-state index contributed by atoms with van der Waals surface area (Å²) in [6, 6.07) is 12.4. The van der Waals surface area contributed by atoms with E-state index >= 15 is 0 Å². The van der Waals surface area contributed by atoms with Gasteiger partial charge < -0.3 is 5.32 Å². The fraction of sp³-hybridized carbons (Fsp3) is 0.333. The number of nitrogens with one attached hydrogen (secondary N) is 1. The Hall–Kier alpha value is -1.96. The molecule has 138 valence electrons. The minimum Gasteiger partial charge on any atom is -0.310 e. The van der Waals surface area contributed by atoms with Crippen LogP contribution in [0.1, 0.15) is 18.4 Å². The van der Waals surface area contributed by atoms with Crippen molar-refractivity contribution in [1.29, 1.82) is 0 Å². The normalized spacial score (nSPS) is 16.3. The number of benzene rings is 1. The van der Waals surface area contributed by atoms with E-state index in [4.69, 9.17) is 11.6 Å². The smallest absolute Gasteiger partial charge is 0.228 e. The van der Waals surface area contributed by atoms with Crippen LogP contribution in [0.4, 0.5) is 5.82 Å². The number of piperidine rings is 1. The highest BCUT2D eigenvalue weighted by Gasteiger charge is 2.31. The van der Waals surface area contributed by atoms with Crippen molar-refractivity contribution < 1.29 is 13.2 Å². The molecule has 2 aromatic rings. The van der Waals surface area contributed by atoms with Crippen LogP contribution in [0.25, 0.3) is 0 Å². The molecular formula is C18H20ClN3O3S. The van der Waals surface area contributed by atoms with Crippen molar-refractivity contribution in [3.05, 3.63) is 59.2 Å². The Morgan fingerprint density at radius 2 is 1.85 bits per heavy atom. The summed E-state index contributed by atoms with van der Waals surface area (Å²) in [6.07, 6.45) is 2.46. The lowest BCUT2D eigenvalue weighted by molar-refractivity contribution is -0.120. The minimum absolute atomic E-state index is 0.0145. The van der Waals surface area contributed by atoms with Crippen LogP contribution in [0.15, 0.2) is 48.7 Å². The molecule has 26 heavy (non-hydrogen) atoms. The number of rotatable bonds is 5. The van der Waals surface area contributed by atoms with E-state index in [9.17, 15) is 13.2 Å². The van der Waals surface area contributed by atoms with Crippen LogP contribution in [0.5, 0.6) is 0 Å². The Labute approximate surface area is 158 Å². The van der Waals surface area contributed by atoms with Gasteiger partial charge in [-0.1, -0.05) is 41.9 Å². The fourth-order valence-corrected chi connectivity index (χ4v) is 4.63. The molecule has 0 radical (unpaired) electrons. The fourth-order valence-electron chi connectivity index (χ4n) is 2.95. The Bertz CT molecular complexity index is 849. The number of carbonyl (C=O) groups excluding carboxylic acids is 1. The third kappa shape index (κ3) is 4.81. The number of amides is 1. The molecule has 1 N–H and O–H groups in total. The van der Waals surface area contributed by atoms with Gasteiger partial charge in [0, 0.05) is 25.2 Å². The highest BCUT2D eigenvalue weighted by molar-refractivity contribution is 7.88. The lowest BCUT2D eigenvalue weighted by atomic mass is 9.97. The summed E-state index contributed by atoms with van der Waals surface area (Å²) < 4.78 is 26.6. The monoisotopic (exact) mass is 393 g/mol. The van der Waals surface area contributed by atoms with Gasteiger partial charge in [-0.2, -0.15) is 0 Å². The molecule has 0 unspecified atom stereocenters. The highest BCUT2D eigenvalue weighted by atomic mass is 35.5. The lowest BCUT2D eigenvalue weighted by Crippen LogP contribution is -2.41. The van der Waals surface area contributed by atoms with Crippen molar-refractivity contribution in [2.75, 3.05) is 18.4 Å². The Morgan fingerprint density at radius 3 is 2.46 bits per heavy atom. The summed E-state index contributed by atoms with van der Waals surface area (Å²) in [5, 5.41) is 3.26. The first-order valence-electron chi connectivity index (χ1n) is 8.38. The second-order valence-corrected chi connectivity index (χ2v) is 8.67. The quantitative estimate of drug-likeness (QED) is 0.847. The van der Waals surface area contributed by atoms with E-state index in [2.05, 4.69) is 10.3 Å². The molecule has 3 rings (SSSR count). The maximum Gasteiger partial charge on any atom is 0.228 e. The van der Waals surface area contributed by atoms with Gasteiger partial charge >= 0.3 is 0 Å². The van der Waals surface area contributed by atoms with Crippen LogP contribution in [0, 0.1) is 5.92 Å². The predicted octanol–water partition coefficient (Wildman–Crippen LogP) is 2.92. The van der Waals surface area contributed by atoms with Gasteiger partial charge in [-0.05, 0) is 30.5 Å². The van der Waals surface area contributed by atoms with Crippen molar-refractivity contribution in [1.82, 2.24) is 9.29 Å². The second-order valence-electron chi connectivity index (χ2n) is 6.27. The molecule has 1 aromatic carbocycles. The molecule has 6 nitrogen and oxygen atoms in total. The number of hydrogen-bond donors (Lipinski definition) is 1. The van der Waals surface area contributed by atoms with Crippen molar-refractivity contribution >= 4 is 33.3 Å². The number of anilines is 1. The third-order valence-corrected chi connectivity index (χ3v) is 6.46. The molecule has 0 spiro atoms. The van der Waals surface area contributed by atoms with E-state index in [-0.39, 0.29) is 17.6 Å². The number of aromatic nitrogens is 1. The summed E-state index contributed by atoms with van der Waals surface area (Å²) in [7, 11) is -3.37. The van der Waals surface area contributed by atoms with E-state index < -0.39 is 10.0 Å². The summed E-state index contributed by atoms with van der Waals surface area (Å²) in [5.41, 5.74) is 0.765. The zero-order valence-electron chi connectivity index (χ0n) is 14.1. The van der Waals surface area contributed by atoms with Gasteiger partial charge in [-0.25, -0.2) is 17.7 Å². The van der Waals surface area contributed by atoms with E-state index in [0.717, 1.165) is 5.56 Å². The number of nitrogens with zero attached hydrogens (tertiary/aromatic N) is 2. The molecule has 8 heteroatoms. The van der Waals surface area contributed by atoms with Crippen LogP contribution >= 0.6 is 11.6 Å². The third-order valence-electron chi connectivity index (χ3n) is 4.39. The van der Waals surface area contributed by atoms with Gasteiger partial charge in [0.25, 0.3) is 0 Å². The number of carbonyl (C=O) groups is 1. The first-order valence-corrected chi connectivity index (χ1v) is 10.4. The molecule has 0 bridgehead atoms. The van der Waals surface area contributed by atoms with Crippen molar-refractivity contribution in [2.45, 2.75) is 18.6 Å². The van der Waals surface area contributed by atoms with Crippen molar-refractivity contribution in [3.8, 4) is 0 Å². The molecule has 1 saturated heterocycles. The topological polar surface area (TPSA) is 79.4 Å². The number of hydrogen-bond acceptors (Lipinski definition) is 4. The van der Waals surface area contributed by atoms with Crippen LogP contribution in [0.2, 0.25) is 5.02 Å². The first-order chi connectivity index (χ1) is 12.4. The maximum absolute atomic E-state index is 12.6. The number of sulfonamides is 1. The average molecular weight is 394 g/mol. The Kier molecular flexibility index (Phi) is 5.90. The van der Waals surface area contributed by atoms with Crippen LogP contribution in [-0.2, 0) is 20.6 Å². The maximum atomic E-state index is 12.6. The van der Waals surface area contributed by atoms with Gasteiger partial charge in [0.1, 0.15) is 5.82 Å². The number of halogens is 1. The molecule has 0 aliphatic carbocycles. The zero-order chi connectivity index (χ0) is 18.6. The Balaban J connectivity index is 1.54. The second kappa shape index (κ2) is 8.16. The molecule has 0 saturated carbocycles. The summed E-state index contributed by atoms with van der Waals surface area (Å²) >= 11 is 5.78. The van der Waals surface area contributed by atoms with E-state index in [0.29, 0.717) is 36.8 Å². The van der Waals surface area contributed by atoms with Crippen LogP contribution < -0.4 is 5.32 Å². The highest BCUT2D eigenvalue weighted by Crippen LogP contribution is 2.23. The summed E-state index contributed by atoms with van der Waals surface area (Å²) in [6.45, 7) is 0.697. The molecule has 1 aliphatic rings. The van der Waals surface area contributed by atoms with Crippen LogP contribution in [-0.4, -0.2) is 36.7 Å². The van der Waals surface area contributed by atoms with E-state index in [1.54, 1.807) is 24.3 Å². The zero-order valence-corrected chi connectivity index (χ0v) is 15.7. The van der Waals surface area contributed by atoms with Gasteiger partial charge in [-0.15, -0.1) is 0 Å². The standard InChI is InChI=1S/C18H20ClN3O3S/c19-16-6-7-17(20-12-16)21-18(23)15-8-10-22(11-9-15)26(24,25)13-14-4-2-1-3-5-14/h1-7,12,15H,8-11,13H2,(H,20,21,23). The number of pyridine rings is 1. The summed E-state index contributed by atoms with van der Waals surface area (Å²) in [5.74, 6) is 0.0634. The minimum atomic E-state index is -3.37. The average Bonchev–Trinajstić information content (AvgIpc) is 2.64. The van der Waals surface area contributed by atoms with Gasteiger partial charge in [-0.3, -0.25) is 4.79 Å². The summed E-state index contributed by atoms with van der Waals surface area (Å²) in [4.78, 5) is 16.4. The van der Waals surface area contributed by atoms with Crippen molar-refractivity contribution in [2.24, 2.45) is 5.92 Å². The SMILES string of the molecule is O=C(Nc1ccc(Cl)cn1)C1CCN(S(=O)(=O)Cc2ccccc2)CC1. The van der Waals surface area contributed by atoms with E-state index in [1.165, 1.54) is 10.5 Å². The molecule has 1 aliphatic heterocycles. The Morgan fingerprint density at radius 1 is 1.15 bits per heavy atom. The largest absolute Gasteiger partial charge is 0.310 e. The molecule has 1 amide bonds. The molecular weight excluding hydrogens is 374 g/mol. The van der Waals surface area contributed by atoms with Gasteiger partial charge in [0.2, 0.25) is 15.9 Å². The molecule has 0 atom stereocenters. The van der Waals surface area contributed by atoms with Gasteiger partial charge in [0.15, 0.2) is 0 Å². The van der Waals surface area contributed by atoms with Crippen LogP contribution in [0.3, 0.4) is 0 Å². The van der Waals surface area contributed by atoms with Gasteiger partial charge in [0.05, 0.1) is 10.8 Å². The molecule has 1 fully saturated rings. The molecule has 2 heterocycles. The predicted molar refractivity (Wildman–Crippen MR) is 101 cm³/mol. The van der Waals surface area contributed by atoms with E-state index in [1.807, 2.05) is 18.2 Å².